The van der Waals surface area contributed by atoms with Crippen LogP contribution in [0.15, 0.2) is 18.2 Å². The fraction of sp³-hybridized carbons (Fsp3) is 0.333. The highest BCUT2D eigenvalue weighted by molar-refractivity contribution is 6.00. The van der Waals surface area contributed by atoms with Gasteiger partial charge in [-0.1, -0.05) is 6.07 Å². The van der Waals surface area contributed by atoms with Gasteiger partial charge in [0.15, 0.2) is 5.56 Å². The number of amides is 1. The number of rotatable bonds is 8. The van der Waals surface area contributed by atoms with Gasteiger partial charge < -0.3 is 19.9 Å². The van der Waals surface area contributed by atoms with Crippen LogP contribution in [0, 0.1) is 10.1 Å². The summed E-state index contributed by atoms with van der Waals surface area (Å²) in [7, 11) is 1.30. The zero-order chi connectivity index (χ0) is 15.8. The van der Waals surface area contributed by atoms with Gasteiger partial charge in [0.1, 0.15) is 12.4 Å². The van der Waals surface area contributed by atoms with E-state index in [0.717, 1.165) is 0 Å². The van der Waals surface area contributed by atoms with Crippen molar-refractivity contribution in [2.75, 3.05) is 26.9 Å². The maximum absolute atomic E-state index is 12.0. The van der Waals surface area contributed by atoms with E-state index in [-0.39, 0.29) is 30.2 Å². The maximum Gasteiger partial charge on any atom is 0.329 e. The molecule has 0 radical (unpaired) electrons. The van der Waals surface area contributed by atoms with E-state index < -0.39 is 23.4 Å². The van der Waals surface area contributed by atoms with E-state index >= 15 is 0 Å². The Bertz CT molecular complexity index is 544. The fourth-order valence-corrected chi connectivity index (χ4v) is 1.55. The van der Waals surface area contributed by atoms with E-state index in [4.69, 9.17) is 14.6 Å². The predicted octanol–water partition coefficient (Wildman–Crippen LogP) is 0.434. The average molecular weight is 298 g/mol. The molecule has 114 valence electrons. The van der Waals surface area contributed by atoms with E-state index in [2.05, 4.69) is 5.32 Å². The molecule has 9 nitrogen and oxygen atoms in total. The first kappa shape index (κ1) is 16.4. The Balaban J connectivity index is 2.73. The summed E-state index contributed by atoms with van der Waals surface area (Å²) in [4.78, 5) is 32.4. The molecule has 0 aliphatic carbocycles. The second-order valence-electron chi connectivity index (χ2n) is 3.81. The van der Waals surface area contributed by atoms with Crippen LogP contribution < -0.4 is 10.1 Å². The van der Waals surface area contributed by atoms with Gasteiger partial charge in [0.25, 0.3) is 11.6 Å². The molecule has 21 heavy (non-hydrogen) atoms. The molecule has 0 fully saturated rings. The maximum atomic E-state index is 12.0. The minimum atomic E-state index is -1.12. The molecule has 1 aromatic rings. The summed E-state index contributed by atoms with van der Waals surface area (Å²) >= 11 is 0. The molecule has 0 bridgehead atoms. The average Bonchev–Trinajstić information content (AvgIpc) is 2.45. The van der Waals surface area contributed by atoms with Crippen LogP contribution >= 0.6 is 0 Å². The molecule has 0 aliphatic rings. The lowest BCUT2D eigenvalue weighted by Crippen LogP contribution is -2.28. The molecule has 0 spiro atoms. The Labute approximate surface area is 119 Å². The minimum absolute atomic E-state index is 0.0152. The summed E-state index contributed by atoms with van der Waals surface area (Å²) in [5.41, 5.74) is -0.568. The molecule has 0 saturated carbocycles. The first-order valence-electron chi connectivity index (χ1n) is 5.86. The highest BCUT2D eigenvalue weighted by atomic mass is 16.6. The van der Waals surface area contributed by atoms with Crippen LogP contribution in [0.4, 0.5) is 5.69 Å². The lowest BCUT2D eigenvalue weighted by atomic mass is 10.1. The second-order valence-corrected chi connectivity index (χ2v) is 3.81. The number of methoxy groups -OCH3 is 1. The number of aliphatic carboxylic acids is 1. The number of carbonyl (C=O) groups excluding carboxylic acids is 1. The molecular weight excluding hydrogens is 284 g/mol. The normalized spacial score (nSPS) is 9.95. The van der Waals surface area contributed by atoms with Gasteiger partial charge in [-0.05, 0) is 6.07 Å². The summed E-state index contributed by atoms with van der Waals surface area (Å²) in [5.74, 6) is -1.74. The number of hydrogen-bond donors (Lipinski definition) is 2. The van der Waals surface area contributed by atoms with Crippen molar-refractivity contribution in [2.45, 2.75) is 0 Å². The standard InChI is InChI=1S/C12H14N2O7/c1-20-9-4-2-3-8(14(18)19)11(9)12(17)13-5-6-21-7-10(15)16/h2-4H,5-7H2,1H3,(H,13,17)(H,15,16). The Hall–Kier alpha value is -2.68. The van der Waals surface area contributed by atoms with E-state index in [1.165, 1.54) is 25.3 Å². The van der Waals surface area contributed by atoms with Crippen molar-refractivity contribution in [3.63, 3.8) is 0 Å². The van der Waals surface area contributed by atoms with Gasteiger partial charge in [-0.3, -0.25) is 14.9 Å². The number of nitrogens with zero attached hydrogens (tertiary/aromatic N) is 1. The predicted molar refractivity (Wildman–Crippen MR) is 70.4 cm³/mol. The number of benzene rings is 1. The largest absolute Gasteiger partial charge is 0.496 e. The van der Waals surface area contributed by atoms with Crippen LogP contribution in [0.1, 0.15) is 10.4 Å². The third kappa shape index (κ3) is 4.73. The molecular formula is C12H14N2O7. The molecule has 1 aromatic carbocycles. The number of carboxylic acids is 1. The lowest BCUT2D eigenvalue weighted by Gasteiger charge is -2.09. The third-order valence-corrected chi connectivity index (χ3v) is 2.41. The number of carbonyl (C=O) groups is 2. The Morgan fingerprint density at radius 1 is 1.43 bits per heavy atom. The van der Waals surface area contributed by atoms with Gasteiger partial charge in [-0.15, -0.1) is 0 Å². The summed E-state index contributed by atoms with van der Waals surface area (Å²) in [5, 5.41) is 21.7. The van der Waals surface area contributed by atoms with Crippen LogP contribution in [0.3, 0.4) is 0 Å². The topological polar surface area (TPSA) is 128 Å². The second kappa shape index (κ2) is 7.80. The quantitative estimate of drug-likeness (QED) is 0.404. The van der Waals surface area contributed by atoms with Gasteiger partial charge in [-0.25, -0.2) is 4.79 Å². The summed E-state index contributed by atoms with van der Waals surface area (Å²) in [6.07, 6.45) is 0. The zero-order valence-corrected chi connectivity index (χ0v) is 11.2. The van der Waals surface area contributed by atoms with Crippen LogP contribution in [0.2, 0.25) is 0 Å². The molecule has 9 heteroatoms. The van der Waals surface area contributed by atoms with Crippen molar-refractivity contribution in [3.05, 3.63) is 33.9 Å². The summed E-state index contributed by atoms with van der Waals surface area (Å²) in [6, 6.07) is 4.03. The molecule has 0 unspecified atom stereocenters. The monoisotopic (exact) mass is 298 g/mol. The minimum Gasteiger partial charge on any atom is -0.496 e. The lowest BCUT2D eigenvalue weighted by molar-refractivity contribution is -0.385. The smallest absolute Gasteiger partial charge is 0.329 e. The van der Waals surface area contributed by atoms with E-state index in [1.807, 2.05) is 0 Å². The molecule has 0 heterocycles. The SMILES string of the molecule is COc1cccc([N+](=O)[O-])c1C(=O)NCCOCC(=O)O. The van der Waals surface area contributed by atoms with Crippen LogP contribution in [-0.4, -0.2) is 48.8 Å². The molecule has 0 saturated heterocycles. The van der Waals surface area contributed by atoms with Gasteiger partial charge in [0.05, 0.1) is 18.6 Å². The molecule has 1 rings (SSSR count). The van der Waals surface area contributed by atoms with Crippen molar-refractivity contribution in [3.8, 4) is 5.75 Å². The van der Waals surface area contributed by atoms with Crippen molar-refractivity contribution >= 4 is 17.6 Å². The molecule has 0 atom stereocenters. The highest BCUT2D eigenvalue weighted by Crippen LogP contribution is 2.27. The number of nitro groups is 1. The Kier molecular flexibility index (Phi) is 6.08. The molecule has 2 N–H and O–H groups in total. The number of carboxylic acid groups (broad SMARTS) is 1. The Morgan fingerprint density at radius 2 is 2.14 bits per heavy atom. The fourth-order valence-electron chi connectivity index (χ4n) is 1.55. The molecule has 1 amide bonds. The van der Waals surface area contributed by atoms with Crippen molar-refractivity contribution in [2.24, 2.45) is 0 Å². The highest BCUT2D eigenvalue weighted by Gasteiger charge is 2.24. The van der Waals surface area contributed by atoms with Crippen LogP contribution in [0.25, 0.3) is 0 Å². The van der Waals surface area contributed by atoms with Gasteiger partial charge in [0, 0.05) is 12.6 Å². The molecule has 0 aliphatic heterocycles. The first-order chi connectivity index (χ1) is 9.97. The van der Waals surface area contributed by atoms with Crippen molar-refractivity contribution in [1.29, 1.82) is 0 Å². The van der Waals surface area contributed by atoms with E-state index in [9.17, 15) is 19.7 Å². The van der Waals surface area contributed by atoms with E-state index in [1.54, 1.807) is 0 Å². The van der Waals surface area contributed by atoms with Gasteiger partial charge >= 0.3 is 5.97 Å². The number of nitro benzene ring substituents is 1. The number of nitrogens with one attached hydrogen (secondary N) is 1. The summed E-state index contributed by atoms with van der Waals surface area (Å²) < 4.78 is 9.68. The first-order valence-corrected chi connectivity index (χ1v) is 5.86. The Morgan fingerprint density at radius 3 is 2.71 bits per heavy atom. The van der Waals surface area contributed by atoms with Gasteiger partial charge in [-0.2, -0.15) is 0 Å². The van der Waals surface area contributed by atoms with Gasteiger partial charge in [0.2, 0.25) is 0 Å². The third-order valence-electron chi connectivity index (χ3n) is 2.41. The van der Waals surface area contributed by atoms with Crippen LogP contribution in [0.5, 0.6) is 5.75 Å². The summed E-state index contributed by atoms with van der Waals surface area (Å²) in [6.45, 7) is -0.493. The molecule has 0 aromatic heterocycles. The van der Waals surface area contributed by atoms with E-state index in [0.29, 0.717) is 0 Å². The zero-order valence-electron chi connectivity index (χ0n) is 11.2. The van der Waals surface area contributed by atoms with Crippen molar-refractivity contribution < 1.29 is 29.1 Å². The van der Waals surface area contributed by atoms with Crippen LogP contribution in [-0.2, 0) is 9.53 Å². The number of hydrogen-bond acceptors (Lipinski definition) is 6. The van der Waals surface area contributed by atoms with Crippen molar-refractivity contribution in [1.82, 2.24) is 5.32 Å². The number of ether oxygens (including phenoxy) is 2.